The van der Waals surface area contributed by atoms with Crippen molar-refractivity contribution in [2.45, 2.75) is 13.3 Å². The van der Waals surface area contributed by atoms with E-state index in [4.69, 9.17) is 0 Å². The molecule has 5 nitrogen and oxygen atoms in total. The fourth-order valence-electron chi connectivity index (χ4n) is 1.36. The Morgan fingerprint density at radius 2 is 1.83 bits per heavy atom. The molecule has 0 aliphatic heterocycles. The summed E-state index contributed by atoms with van der Waals surface area (Å²) in [6, 6.07) is 7.17. The largest absolute Gasteiger partial charge is 0.385 e. The van der Waals surface area contributed by atoms with Gasteiger partial charge in [0.1, 0.15) is 0 Å². The molecule has 3 N–H and O–H groups in total. The van der Waals surface area contributed by atoms with E-state index < -0.39 is 0 Å². The number of anilines is 1. The molecule has 18 heavy (non-hydrogen) atoms. The first-order valence-electron chi connectivity index (χ1n) is 6.00. The third-order valence-corrected chi connectivity index (χ3v) is 2.41. The van der Waals surface area contributed by atoms with Gasteiger partial charge in [-0.25, -0.2) is 0 Å². The van der Waals surface area contributed by atoms with E-state index in [1.807, 2.05) is 12.1 Å². The summed E-state index contributed by atoms with van der Waals surface area (Å²) in [6.07, 6.45) is 1.05. The highest BCUT2D eigenvalue weighted by atomic mass is 16.2. The predicted octanol–water partition coefficient (Wildman–Crippen LogP) is 0.984. The predicted molar refractivity (Wildman–Crippen MR) is 71.6 cm³/mol. The van der Waals surface area contributed by atoms with Crippen molar-refractivity contribution in [3.8, 4) is 0 Å². The minimum atomic E-state index is -0.249. The van der Waals surface area contributed by atoms with Gasteiger partial charge in [0.15, 0.2) is 0 Å². The van der Waals surface area contributed by atoms with E-state index in [0.29, 0.717) is 5.56 Å². The summed E-state index contributed by atoms with van der Waals surface area (Å²) in [6.45, 7) is 2.99. The molecule has 2 amide bonds. The Bertz CT molecular complexity index is 401. The van der Waals surface area contributed by atoms with Gasteiger partial charge in [0.05, 0.1) is 6.54 Å². The molecule has 0 saturated heterocycles. The highest BCUT2D eigenvalue weighted by molar-refractivity contribution is 5.96. The molecule has 0 radical (unpaired) electrons. The van der Waals surface area contributed by atoms with Gasteiger partial charge in [-0.05, 0) is 30.7 Å². The molecule has 0 aliphatic carbocycles. The van der Waals surface area contributed by atoms with Gasteiger partial charge in [-0.1, -0.05) is 6.92 Å². The molecule has 98 valence electrons. The molecule has 0 atom stereocenters. The van der Waals surface area contributed by atoms with E-state index in [0.717, 1.165) is 18.7 Å². The van der Waals surface area contributed by atoms with E-state index in [9.17, 15) is 9.59 Å². The highest BCUT2D eigenvalue weighted by Crippen LogP contribution is 2.09. The van der Waals surface area contributed by atoms with Gasteiger partial charge in [-0.2, -0.15) is 0 Å². The maximum Gasteiger partial charge on any atom is 0.251 e. The topological polar surface area (TPSA) is 70.2 Å². The zero-order valence-corrected chi connectivity index (χ0v) is 10.7. The number of carbonyl (C=O) groups excluding carboxylic acids is 2. The summed E-state index contributed by atoms with van der Waals surface area (Å²) in [5, 5.41) is 8.21. The van der Waals surface area contributed by atoms with Gasteiger partial charge in [-0.3, -0.25) is 9.59 Å². The van der Waals surface area contributed by atoms with E-state index in [1.54, 1.807) is 12.1 Å². The van der Waals surface area contributed by atoms with Crippen LogP contribution in [0.15, 0.2) is 24.3 Å². The fourth-order valence-corrected chi connectivity index (χ4v) is 1.36. The highest BCUT2D eigenvalue weighted by Gasteiger charge is 2.06. The van der Waals surface area contributed by atoms with Gasteiger partial charge in [-0.15, -0.1) is 0 Å². The summed E-state index contributed by atoms with van der Waals surface area (Å²) in [7, 11) is 1.53. The van der Waals surface area contributed by atoms with Crippen LogP contribution in [0.2, 0.25) is 0 Å². The summed E-state index contributed by atoms with van der Waals surface area (Å²) in [4.78, 5) is 22.7. The first-order valence-corrected chi connectivity index (χ1v) is 6.00. The van der Waals surface area contributed by atoms with Gasteiger partial charge in [0.2, 0.25) is 5.91 Å². The van der Waals surface area contributed by atoms with Crippen LogP contribution in [-0.4, -0.2) is 32.0 Å². The molecule has 1 aromatic carbocycles. The monoisotopic (exact) mass is 249 g/mol. The quantitative estimate of drug-likeness (QED) is 0.704. The Balaban J connectivity index is 2.51. The van der Waals surface area contributed by atoms with Crippen LogP contribution in [0.3, 0.4) is 0 Å². The van der Waals surface area contributed by atoms with Crippen LogP contribution in [0.1, 0.15) is 23.7 Å². The van der Waals surface area contributed by atoms with Crippen molar-refractivity contribution >= 4 is 17.5 Å². The molecular formula is C13H19N3O2. The van der Waals surface area contributed by atoms with E-state index in [-0.39, 0.29) is 18.4 Å². The minimum absolute atomic E-state index is 0.00876. The number of hydrogen-bond donors (Lipinski definition) is 3. The van der Waals surface area contributed by atoms with Crippen LogP contribution in [-0.2, 0) is 4.79 Å². The summed E-state index contributed by atoms with van der Waals surface area (Å²) in [5.74, 6) is -0.467. The average molecular weight is 249 g/mol. The summed E-state index contributed by atoms with van der Waals surface area (Å²) < 4.78 is 0. The number of rotatable bonds is 6. The second-order valence-electron chi connectivity index (χ2n) is 3.86. The normalized spacial score (nSPS) is 9.67. The third kappa shape index (κ3) is 4.45. The van der Waals surface area contributed by atoms with Crippen molar-refractivity contribution in [2.24, 2.45) is 0 Å². The Labute approximate surface area is 107 Å². The van der Waals surface area contributed by atoms with Crippen molar-refractivity contribution in [3.05, 3.63) is 29.8 Å². The number of hydrogen-bond acceptors (Lipinski definition) is 3. The van der Waals surface area contributed by atoms with Crippen LogP contribution in [0, 0.1) is 0 Å². The molecule has 0 saturated carbocycles. The van der Waals surface area contributed by atoms with Crippen molar-refractivity contribution in [3.63, 3.8) is 0 Å². The molecule has 0 aromatic heterocycles. The van der Waals surface area contributed by atoms with Crippen LogP contribution in [0.5, 0.6) is 0 Å². The van der Waals surface area contributed by atoms with E-state index in [2.05, 4.69) is 22.9 Å². The molecule has 1 rings (SSSR count). The first kappa shape index (κ1) is 14.0. The maximum absolute atomic E-state index is 11.7. The van der Waals surface area contributed by atoms with Crippen molar-refractivity contribution < 1.29 is 9.59 Å². The molecule has 5 heteroatoms. The van der Waals surface area contributed by atoms with Crippen LogP contribution >= 0.6 is 0 Å². The third-order valence-electron chi connectivity index (χ3n) is 2.41. The van der Waals surface area contributed by atoms with Crippen molar-refractivity contribution in [1.82, 2.24) is 10.6 Å². The van der Waals surface area contributed by atoms with Crippen molar-refractivity contribution in [1.29, 1.82) is 0 Å². The van der Waals surface area contributed by atoms with Crippen molar-refractivity contribution in [2.75, 3.05) is 25.5 Å². The fraction of sp³-hybridized carbons (Fsp3) is 0.385. The molecule has 0 unspecified atom stereocenters. The lowest BCUT2D eigenvalue weighted by molar-refractivity contribution is -0.119. The standard InChI is InChI=1S/C13H19N3O2/c1-3-8-15-11-6-4-10(5-7-11)13(18)16-9-12(17)14-2/h4-7,15H,3,8-9H2,1-2H3,(H,14,17)(H,16,18). The number of nitrogens with one attached hydrogen (secondary N) is 3. The van der Waals surface area contributed by atoms with Crippen LogP contribution < -0.4 is 16.0 Å². The second-order valence-corrected chi connectivity index (χ2v) is 3.86. The zero-order valence-electron chi connectivity index (χ0n) is 10.7. The SMILES string of the molecule is CCCNc1ccc(C(=O)NCC(=O)NC)cc1. The van der Waals surface area contributed by atoms with Gasteiger partial charge in [0.25, 0.3) is 5.91 Å². The number of amides is 2. The molecule has 0 spiro atoms. The lowest BCUT2D eigenvalue weighted by Crippen LogP contribution is -2.35. The summed E-state index contributed by atoms with van der Waals surface area (Å²) >= 11 is 0. The molecule has 1 aromatic rings. The zero-order chi connectivity index (χ0) is 13.4. The Kier molecular flexibility index (Phi) is 5.70. The minimum Gasteiger partial charge on any atom is -0.385 e. The molecular weight excluding hydrogens is 230 g/mol. The molecule has 0 aliphatic rings. The average Bonchev–Trinajstić information content (AvgIpc) is 2.42. The van der Waals surface area contributed by atoms with Crippen LogP contribution in [0.4, 0.5) is 5.69 Å². The van der Waals surface area contributed by atoms with E-state index >= 15 is 0 Å². The van der Waals surface area contributed by atoms with Gasteiger partial charge >= 0.3 is 0 Å². The number of carbonyl (C=O) groups is 2. The Hall–Kier alpha value is -2.04. The number of benzene rings is 1. The van der Waals surface area contributed by atoms with Gasteiger partial charge < -0.3 is 16.0 Å². The summed E-state index contributed by atoms with van der Waals surface area (Å²) in [5.41, 5.74) is 1.53. The molecule has 0 bridgehead atoms. The molecule has 0 fully saturated rings. The first-order chi connectivity index (χ1) is 8.67. The Morgan fingerprint density at radius 3 is 2.39 bits per heavy atom. The smallest absolute Gasteiger partial charge is 0.251 e. The van der Waals surface area contributed by atoms with Crippen LogP contribution in [0.25, 0.3) is 0 Å². The second kappa shape index (κ2) is 7.32. The van der Waals surface area contributed by atoms with E-state index in [1.165, 1.54) is 7.05 Å². The molecule has 0 heterocycles. The lowest BCUT2D eigenvalue weighted by Gasteiger charge is -2.07. The Morgan fingerprint density at radius 1 is 1.17 bits per heavy atom. The maximum atomic E-state index is 11.7. The lowest BCUT2D eigenvalue weighted by atomic mass is 10.2. The van der Waals surface area contributed by atoms with Gasteiger partial charge in [0, 0.05) is 24.8 Å². The number of likely N-dealkylation sites (N-methyl/N-ethyl adjacent to an activating group) is 1.